The molecule has 0 spiro atoms. The van der Waals surface area contributed by atoms with E-state index in [-0.39, 0.29) is 13.2 Å². The monoisotopic (exact) mass is 199 g/mol. The number of aliphatic hydroxyl groups excluding tert-OH is 2. The van der Waals surface area contributed by atoms with Crippen LogP contribution in [0.2, 0.25) is 0 Å². The van der Waals surface area contributed by atoms with Crippen molar-refractivity contribution in [3.63, 3.8) is 0 Å². The summed E-state index contributed by atoms with van der Waals surface area (Å²) in [6, 6.07) is 0. The van der Waals surface area contributed by atoms with Gasteiger partial charge >= 0.3 is 0 Å². The predicted molar refractivity (Wildman–Crippen MR) is 50.0 cm³/mol. The number of aliphatic hydroxyl groups is 2. The fraction of sp³-hybridized carbons (Fsp3) is 1.00. The zero-order valence-electron chi connectivity index (χ0n) is 6.29. The summed E-state index contributed by atoms with van der Waals surface area (Å²) in [7, 11) is 4.41. The first kappa shape index (κ1) is 11.7. The molecule has 4 nitrogen and oxygen atoms in total. The van der Waals surface area contributed by atoms with Crippen LogP contribution in [0.5, 0.6) is 0 Å². The molecule has 3 N–H and O–H groups in total. The van der Waals surface area contributed by atoms with Gasteiger partial charge in [-0.1, -0.05) is 9.39 Å². The lowest BCUT2D eigenvalue weighted by atomic mass is 9.92. The van der Waals surface area contributed by atoms with Crippen LogP contribution in [0.3, 0.4) is 0 Å². The van der Waals surface area contributed by atoms with E-state index < -0.39 is 5.41 Å². The minimum atomic E-state index is -0.580. The van der Waals surface area contributed by atoms with Gasteiger partial charge in [-0.3, -0.25) is 5.09 Å². The molecule has 0 aliphatic carbocycles. The van der Waals surface area contributed by atoms with Crippen LogP contribution in [0.1, 0.15) is 0 Å². The van der Waals surface area contributed by atoms with E-state index in [1.54, 1.807) is 0 Å². The van der Waals surface area contributed by atoms with Crippen LogP contribution in [-0.2, 0) is 4.52 Å². The van der Waals surface area contributed by atoms with E-state index in [1.165, 1.54) is 0 Å². The molecule has 0 fully saturated rings. The number of nitrogens with one attached hydrogen (secondary N) is 1. The van der Waals surface area contributed by atoms with Gasteiger partial charge in [-0.2, -0.15) is 0 Å². The van der Waals surface area contributed by atoms with Gasteiger partial charge in [0.15, 0.2) is 0 Å². The maximum absolute atomic E-state index is 8.94. The Morgan fingerprint density at radius 1 is 1.36 bits per heavy atom. The lowest BCUT2D eigenvalue weighted by molar-refractivity contribution is 0.0245. The van der Waals surface area contributed by atoms with E-state index in [2.05, 4.69) is 23.9 Å². The average molecular weight is 199 g/mol. The summed E-state index contributed by atoms with van der Waals surface area (Å²) >= 11 is 0. The maximum Gasteiger partial charge on any atom is 0.0614 e. The third-order valence-corrected chi connectivity index (χ3v) is 1.91. The highest BCUT2D eigenvalue weighted by molar-refractivity contribution is 7.13. The standard InChI is InChI=1S/C5H15NO3P2/c7-2-5(3-8,1-6-10)4-9-11/h6-8H,1-4,10-11H2. The molecule has 2 unspecified atom stereocenters. The van der Waals surface area contributed by atoms with Crippen molar-refractivity contribution < 1.29 is 14.7 Å². The van der Waals surface area contributed by atoms with E-state index in [1.807, 2.05) is 0 Å². The Hall–Kier alpha value is 0.700. The van der Waals surface area contributed by atoms with Crippen LogP contribution in [0.4, 0.5) is 0 Å². The van der Waals surface area contributed by atoms with E-state index in [4.69, 9.17) is 14.7 Å². The molecule has 68 valence electrons. The molecule has 0 saturated heterocycles. The summed E-state index contributed by atoms with van der Waals surface area (Å²) in [6.07, 6.45) is 0. The third-order valence-electron chi connectivity index (χ3n) is 1.54. The van der Waals surface area contributed by atoms with Gasteiger partial charge < -0.3 is 14.7 Å². The molecule has 0 aromatic heterocycles. The van der Waals surface area contributed by atoms with E-state index >= 15 is 0 Å². The smallest absolute Gasteiger partial charge is 0.0614 e. The molecule has 11 heavy (non-hydrogen) atoms. The van der Waals surface area contributed by atoms with Crippen molar-refractivity contribution >= 4 is 18.9 Å². The molecule has 0 bridgehead atoms. The summed E-state index contributed by atoms with van der Waals surface area (Å²) in [5, 5.41) is 20.7. The molecule has 0 heterocycles. The SMILES string of the molecule is OCC(CO)(CNP)COP. The normalized spacial score (nSPS) is 12.0. The molecule has 0 aliphatic heterocycles. The van der Waals surface area contributed by atoms with Crippen molar-refractivity contribution in [2.24, 2.45) is 5.41 Å². The molecule has 2 atom stereocenters. The number of hydrogen-bond acceptors (Lipinski definition) is 4. The van der Waals surface area contributed by atoms with Crippen LogP contribution in [-0.4, -0.2) is 36.6 Å². The fourth-order valence-electron chi connectivity index (χ4n) is 0.697. The van der Waals surface area contributed by atoms with Crippen molar-refractivity contribution in [1.82, 2.24) is 5.09 Å². The Balaban J connectivity index is 3.96. The topological polar surface area (TPSA) is 61.7 Å². The van der Waals surface area contributed by atoms with E-state index in [0.717, 1.165) is 0 Å². The van der Waals surface area contributed by atoms with Crippen molar-refractivity contribution in [3.8, 4) is 0 Å². The van der Waals surface area contributed by atoms with E-state index in [0.29, 0.717) is 13.2 Å². The molecule has 0 saturated carbocycles. The Kier molecular flexibility index (Phi) is 6.64. The highest BCUT2D eigenvalue weighted by Crippen LogP contribution is 2.16. The molecule has 0 radical (unpaired) electrons. The molecule has 0 rings (SSSR count). The van der Waals surface area contributed by atoms with Gasteiger partial charge in [0, 0.05) is 16.0 Å². The Morgan fingerprint density at radius 3 is 2.18 bits per heavy atom. The molecule has 6 heteroatoms. The largest absolute Gasteiger partial charge is 0.396 e. The first-order valence-corrected chi connectivity index (χ1v) is 4.26. The van der Waals surface area contributed by atoms with Gasteiger partial charge in [-0.05, 0) is 0 Å². The maximum atomic E-state index is 8.94. The lowest BCUT2D eigenvalue weighted by Gasteiger charge is -2.27. The van der Waals surface area contributed by atoms with Crippen LogP contribution >= 0.6 is 18.9 Å². The quantitative estimate of drug-likeness (QED) is 0.487. The molecular formula is C5H15NO3P2. The second-order valence-corrected chi connectivity index (χ2v) is 3.25. The average Bonchev–Trinajstić information content (AvgIpc) is 2.04. The van der Waals surface area contributed by atoms with Crippen LogP contribution in [0.25, 0.3) is 0 Å². The first-order valence-electron chi connectivity index (χ1n) is 3.21. The van der Waals surface area contributed by atoms with Crippen LogP contribution < -0.4 is 5.09 Å². The zero-order valence-corrected chi connectivity index (χ0v) is 8.60. The summed E-state index contributed by atoms with van der Waals surface area (Å²) in [6.45, 7) is 0.615. The number of hydrogen-bond donors (Lipinski definition) is 3. The predicted octanol–water partition coefficient (Wildman–Crippen LogP) is -0.856. The summed E-state index contributed by atoms with van der Waals surface area (Å²) in [5.41, 5.74) is -0.580. The van der Waals surface area contributed by atoms with Gasteiger partial charge in [0.05, 0.1) is 25.2 Å². The zero-order chi connectivity index (χ0) is 8.74. The lowest BCUT2D eigenvalue weighted by Crippen LogP contribution is -2.41. The van der Waals surface area contributed by atoms with Crippen molar-refractivity contribution in [3.05, 3.63) is 0 Å². The first-order chi connectivity index (χ1) is 5.24. The van der Waals surface area contributed by atoms with Crippen LogP contribution in [0, 0.1) is 5.41 Å². The highest BCUT2D eigenvalue weighted by atomic mass is 31.0. The van der Waals surface area contributed by atoms with Gasteiger partial charge in [-0.15, -0.1) is 0 Å². The summed E-state index contributed by atoms with van der Waals surface area (Å²) in [5.74, 6) is 0. The summed E-state index contributed by atoms with van der Waals surface area (Å²) in [4.78, 5) is 0. The third kappa shape index (κ3) is 3.75. The Morgan fingerprint density at radius 2 is 1.91 bits per heavy atom. The van der Waals surface area contributed by atoms with E-state index in [9.17, 15) is 0 Å². The Bertz CT molecular complexity index is 91.7. The van der Waals surface area contributed by atoms with Crippen molar-refractivity contribution in [1.29, 1.82) is 0 Å². The molecular weight excluding hydrogens is 184 g/mol. The second kappa shape index (κ2) is 6.24. The van der Waals surface area contributed by atoms with Gasteiger partial charge in [0.1, 0.15) is 0 Å². The Labute approximate surface area is 71.3 Å². The van der Waals surface area contributed by atoms with Gasteiger partial charge in [0.25, 0.3) is 0 Å². The van der Waals surface area contributed by atoms with Gasteiger partial charge in [0.2, 0.25) is 0 Å². The second-order valence-electron chi connectivity index (χ2n) is 2.51. The summed E-state index contributed by atoms with van der Waals surface area (Å²) < 4.78 is 4.79. The minimum Gasteiger partial charge on any atom is -0.396 e. The molecule has 0 aromatic rings. The minimum absolute atomic E-state index is 0.0979. The fourth-order valence-corrected chi connectivity index (χ4v) is 1.48. The molecule has 0 aliphatic rings. The van der Waals surface area contributed by atoms with Crippen LogP contribution in [0.15, 0.2) is 0 Å². The molecule has 0 amide bonds. The molecule has 0 aromatic carbocycles. The van der Waals surface area contributed by atoms with Gasteiger partial charge in [-0.25, -0.2) is 0 Å². The van der Waals surface area contributed by atoms with Crippen molar-refractivity contribution in [2.75, 3.05) is 26.4 Å². The highest BCUT2D eigenvalue weighted by Gasteiger charge is 2.27. The van der Waals surface area contributed by atoms with Crippen molar-refractivity contribution in [2.45, 2.75) is 0 Å². The number of rotatable bonds is 6.